The third kappa shape index (κ3) is 1.73. The maximum absolute atomic E-state index is 10.4. The van der Waals surface area contributed by atoms with Crippen LogP contribution in [0.25, 0.3) is 0 Å². The molecule has 0 aromatic heterocycles. The lowest BCUT2D eigenvalue weighted by molar-refractivity contribution is -0.135. The molecule has 1 heterocycles. The molecule has 10 heavy (non-hydrogen) atoms. The lowest BCUT2D eigenvalue weighted by Gasteiger charge is -1.91. The molecule has 1 aliphatic rings. The molecule has 54 valence electrons. The van der Waals surface area contributed by atoms with Crippen LogP contribution in [0.4, 0.5) is 0 Å². The van der Waals surface area contributed by atoms with Gasteiger partial charge in [-0.3, -0.25) is 14.1 Å². The topological polar surface area (TPSA) is 69.7 Å². The van der Waals surface area contributed by atoms with E-state index in [1.54, 1.807) is 0 Å². The van der Waals surface area contributed by atoms with Crippen LogP contribution in [0.2, 0.25) is 0 Å². The largest absolute Gasteiger partial charge is 0.782 e. The Kier molecular flexibility index (Phi) is 1.90. The molecule has 0 spiro atoms. The quantitative estimate of drug-likeness (QED) is 0.437. The zero-order valence-electron chi connectivity index (χ0n) is 4.96. The molecule has 1 fully saturated rings. The predicted octanol–water partition coefficient (Wildman–Crippen LogP) is -0.718. The summed E-state index contributed by atoms with van der Waals surface area (Å²) in [6, 6.07) is 0. The van der Waals surface area contributed by atoms with Crippen molar-refractivity contribution in [3.8, 4) is 0 Å². The Morgan fingerprint density at radius 2 is 1.50 bits per heavy atom. The van der Waals surface area contributed by atoms with Crippen LogP contribution in [0.1, 0.15) is 12.8 Å². The molecular formula is C4H4O5Si. The predicted molar refractivity (Wildman–Crippen MR) is 27.9 cm³/mol. The molecule has 0 aliphatic carbocycles. The molecule has 0 unspecified atom stereocenters. The molecule has 0 aromatic rings. The van der Waals surface area contributed by atoms with Gasteiger partial charge in [-0.15, -0.1) is 0 Å². The van der Waals surface area contributed by atoms with E-state index in [9.17, 15) is 14.1 Å². The molecule has 0 saturated carbocycles. The van der Waals surface area contributed by atoms with E-state index < -0.39 is 21.1 Å². The lowest BCUT2D eigenvalue weighted by atomic mass is 10.3. The highest BCUT2D eigenvalue weighted by Crippen LogP contribution is 2.01. The van der Waals surface area contributed by atoms with E-state index in [0.29, 0.717) is 0 Å². The number of rotatable bonds is 0. The van der Waals surface area contributed by atoms with Crippen molar-refractivity contribution in [2.24, 2.45) is 0 Å². The minimum Gasteiger partial charge on any atom is -0.430 e. The van der Waals surface area contributed by atoms with Gasteiger partial charge in [-0.2, -0.15) is 0 Å². The van der Waals surface area contributed by atoms with Crippen LogP contribution in [0.15, 0.2) is 0 Å². The van der Waals surface area contributed by atoms with Crippen molar-refractivity contribution in [1.82, 2.24) is 0 Å². The Bertz CT molecular complexity index is 178. The fourth-order valence-corrected chi connectivity index (χ4v) is 1.13. The van der Waals surface area contributed by atoms with E-state index in [2.05, 4.69) is 8.85 Å². The molecule has 0 atom stereocenters. The van der Waals surface area contributed by atoms with Crippen molar-refractivity contribution < 1.29 is 22.9 Å². The summed E-state index contributed by atoms with van der Waals surface area (Å²) >= 11 is 0. The first-order chi connectivity index (χ1) is 4.68. The van der Waals surface area contributed by atoms with Crippen molar-refractivity contribution in [3.63, 3.8) is 0 Å². The van der Waals surface area contributed by atoms with Crippen molar-refractivity contribution in [2.75, 3.05) is 0 Å². The van der Waals surface area contributed by atoms with Crippen LogP contribution < -0.4 is 0 Å². The lowest BCUT2D eigenvalue weighted by Crippen LogP contribution is -2.15. The summed E-state index contributed by atoms with van der Waals surface area (Å²) < 4.78 is 18.7. The molecule has 0 aromatic carbocycles. The molecule has 0 radical (unpaired) electrons. The molecule has 0 bridgehead atoms. The summed E-state index contributed by atoms with van der Waals surface area (Å²) in [6.07, 6.45) is -0.0928. The summed E-state index contributed by atoms with van der Waals surface area (Å²) in [5.41, 5.74) is 0. The first kappa shape index (κ1) is 7.07. The highest BCUT2D eigenvalue weighted by molar-refractivity contribution is 6.33. The smallest absolute Gasteiger partial charge is 0.430 e. The van der Waals surface area contributed by atoms with Crippen LogP contribution in [0.5, 0.6) is 0 Å². The van der Waals surface area contributed by atoms with E-state index in [1.807, 2.05) is 0 Å². The average molecular weight is 160 g/mol. The molecule has 5 nitrogen and oxygen atoms in total. The monoisotopic (exact) mass is 160 g/mol. The second-order valence-electron chi connectivity index (χ2n) is 1.70. The summed E-state index contributed by atoms with van der Waals surface area (Å²) in [4.78, 5) is 20.8. The van der Waals surface area contributed by atoms with Gasteiger partial charge in [-0.05, 0) is 0 Å². The summed E-state index contributed by atoms with van der Waals surface area (Å²) in [7, 11) is -2.88. The fourth-order valence-electron chi connectivity index (χ4n) is 0.513. The van der Waals surface area contributed by atoms with E-state index in [-0.39, 0.29) is 12.8 Å². The van der Waals surface area contributed by atoms with Gasteiger partial charge >= 0.3 is 21.1 Å². The maximum Gasteiger partial charge on any atom is 0.782 e. The van der Waals surface area contributed by atoms with Crippen LogP contribution in [0.3, 0.4) is 0 Å². The van der Waals surface area contributed by atoms with Crippen molar-refractivity contribution >= 4 is 21.1 Å². The molecule has 1 aliphatic heterocycles. The number of hydrogen-bond acceptors (Lipinski definition) is 5. The highest BCUT2D eigenvalue weighted by Gasteiger charge is 2.25. The van der Waals surface area contributed by atoms with Gasteiger partial charge in [0.2, 0.25) is 0 Å². The second-order valence-corrected chi connectivity index (χ2v) is 2.61. The molecule has 0 N–H and O–H groups in total. The zero-order valence-corrected chi connectivity index (χ0v) is 5.96. The second kappa shape index (κ2) is 2.69. The number of hydrogen-bond donors (Lipinski definition) is 0. The standard InChI is InChI=1S/C4H4O5Si/c5-3-1-2-4(6)9-10(7)8-3/h1-2H2. The number of carbonyl (C=O) groups is 2. The molecule has 6 heteroatoms. The van der Waals surface area contributed by atoms with Gasteiger partial charge in [-0.1, -0.05) is 0 Å². The summed E-state index contributed by atoms with van der Waals surface area (Å²) in [5.74, 6) is -1.29. The van der Waals surface area contributed by atoms with Crippen LogP contribution >= 0.6 is 0 Å². The Morgan fingerprint density at radius 1 is 1.10 bits per heavy atom. The third-order valence-electron chi connectivity index (χ3n) is 0.928. The van der Waals surface area contributed by atoms with Crippen molar-refractivity contribution in [2.45, 2.75) is 12.8 Å². The van der Waals surface area contributed by atoms with Gasteiger partial charge in [0.1, 0.15) is 0 Å². The highest BCUT2D eigenvalue weighted by atomic mass is 28.3. The summed E-state index contributed by atoms with van der Waals surface area (Å²) in [5, 5.41) is 0. The van der Waals surface area contributed by atoms with E-state index >= 15 is 0 Å². The van der Waals surface area contributed by atoms with Gasteiger partial charge in [-0.25, -0.2) is 0 Å². The molecule has 0 amide bonds. The summed E-state index contributed by atoms with van der Waals surface area (Å²) in [6.45, 7) is 0. The normalized spacial score (nSPS) is 19.4. The third-order valence-corrected chi connectivity index (χ3v) is 1.72. The van der Waals surface area contributed by atoms with Gasteiger partial charge < -0.3 is 8.85 Å². The Balaban J connectivity index is 2.63. The minimum atomic E-state index is -2.88. The van der Waals surface area contributed by atoms with E-state index in [1.165, 1.54) is 0 Å². The maximum atomic E-state index is 10.4. The van der Waals surface area contributed by atoms with Crippen LogP contribution in [-0.4, -0.2) is 21.1 Å². The Labute approximate surface area is 57.8 Å². The molecule has 1 saturated heterocycles. The molecule has 1 rings (SSSR count). The van der Waals surface area contributed by atoms with Gasteiger partial charge in [0.05, 0.1) is 12.8 Å². The first-order valence-electron chi connectivity index (χ1n) is 2.64. The van der Waals surface area contributed by atoms with Crippen molar-refractivity contribution in [1.29, 1.82) is 0 Å². The van der Waals surface area contributed by atoms with Crippen LogP contribution in [0, 0.1) is 0 Å². The van der Waals surface area contributed by atoms with Gasteiger partial charge in [0.25, 0.3) is 0 Å². The average Bonchev–Trinajstić information content (AvgIpc) is 1.93. The number of carbonyl (C=O) groups excluding carboxylic acids is 2. The van der Waals surface area contributed by atoms with Gasteiger partial charge in [0.15, 0.2) is 0 Å². The van der Waals surface area contributed by atoms with E-state index in [4.69, 9.17) is 0 Å². The first-order valence-corrected chi connectivity index (χ1v) is 3.86. The Hall–Kier alpha value is -1.04. The minimum absolute atomic E-state index is 0.0464. The fraction of sp³-hybridized carbons (Fsp3) is 0.500. The van der Waals surface area contributed by atoms with E-state index in [0.717, 1.165) is 0 Å². The zero-order chi connectivity index (χ0) is 7.56. The van der Waals surface area contributed by atoms with Crippen LogP contribution in [-0.2, 0) is 22.9 Å². The van der Waals surface area contributed by atoms with Crippen molar-refractivity contribution in [3.05, 3.63) is 0 Å². The molecular weight excluding hydrogens is 156 g/mol. The SMILES string of the molecule is O=C1CCC(=O)O[Si](=O)O1. The Morgan fingerprint density at radius 3 is 1.90 bits per heavy atom. The van der Waals surface area contributed by atoms with Gasteiger partial charge in [0, 0.05) is 0 Å².